The summed E-state index contributed by atoms with van der Waals surface area (Å²) in [5, 5.41) is 19.7. The van der Waals surface area contributed by atoms with Gasteiger partial charge in [-0.2, -0.15) is 0 Å². The summed E-state index contributed by atoms with van der Waals surface area (Å²) >= 11 is 0. The van der Waals surface area contributed by atoms with Crippen molar-refractivity contribution < 1.29 is 8.42 Å². The van der Waals surface area contributed by atoms with Crippen molar-refractivity contribution in [2.24, 2.45) is 5.14 Å². The van der Waals surface area contributed by atoms with E-state index in [1.807, 2.05) is 24.3 Å². The Bertz CT molecular complexity index is 1040. The number of primary sulfonamides is 1. The van der Waals surface area contributed by atoms with Crippen LogP contribution >= 0.6 is 0 Å². The lowest BCUT2D eigenvalue weighted by Crippen LogP contribution is -2.14. The summed E-state index contributed by atoms with van der Waals surface area (Å²) in [7, 11) is -3.88. The molecule has 5 aromatic rings. The van der Waals surface area contributed by atoms with Gasteiger partial charge in [-0.05, 0) is 22.1 Å². The number of aromatic nitrogens is 4. The Balaban J connectivity index is 2.26. The Labute approximate surface area is 119 Å². The van der Waals surface area contributed by atoms with Crippen LogP contribution < -0.4 is 5.14 Å². The first kappa shape index (κ1) is 12.2. The maximum Gasteiger partial charge on any atom is 0.239 e. The summed E-state index contributed by atoms with van der Waals surface area (Å²) in [5.74, 6) is 0. The maximum absolute atomic E-state index is 11.8. The molecule has 8 heteroatoms. The minimum Gasteiger partial charge on any atom is -0.225 e. The van der Waals surface area contributed by atoms with Gasteiger partial charge in [-0.25, -0.2) is 13.6 Å². The molecule has 0 spiro atoms. The Hall–Kier alpha value is -2.58. The van der Waals surface area contributed by atoms with Crippen LogP contribution in [0.1, 0.15) is 0 Å². The topological polar surface area (TPSA) is 104 Å². The molecule has 1 aromatic heterocycles. The van der Waals surface area contributed by atoms with Gasteiger partial charge in [0.2, 0.25) is 10.0 Å². The van der Waals surface area contributed by atoms with Crippen LogP contribution in [0.5, 0.6) is 0 Å². The third kappa shape index (κ3) is 1.70. The van der Waals surface area contributed by atoms with Gasteiger partial charge >= 0.3 is 0 Å². The minimum atomic E-state index is -3.88. The second kappa shape index (κ2) is 3.96. The fourth-order valence-corrected chi connectivity index (χ4v) is 3.28. The summed E-state index contributed by atoms with van der Waals surface area (Å²) in [6.07, 6.45) is 1.31. The van der Waals surface area contributed by atoms with Crippen LogP contribution in [0, 0.1) is 6.07 Å². The number of nitrogens with two attached hydrogens (primary N) is 1. The summed E-state index contributed by atoms with van der Waals surface area (Å²) in [6, 6.07) is 11.8. The van der Waals surface area contributed by atoms with E-state index in [9.17, 15) is 8.42 Å². The SMILES string of the molecule is NS(=O)(=O)c1[c]cc(-n2ncnn2)c2c3ccc(cc3)c12. The summed E-state index contributed by atoms with van der Waals surface area (Å²) in [4.78, 5) is 1.31. The summed E-state index contributed by atoms with van der Waals surface area (Å²) in [5.41, 5.74) is 0.608. The number of nitrogens with zero attached hydrogens (tertiary/aromatic N) is 4. The van der Waals surface area contributed by atoms with Crippen molar-refractivity contribution in [2.45, 2.75) is 4.90 Å². The molecule has 1 heterocycles. The predicted octanol–water partition coefficient (Wildman–Crippen LogP) is 0.854. The molecular weight excluding hydrogens is 290 g/mol. The van der Waals surface area contributed by atoms with Gasteiger partial charge < -0.3 is 0 Å². The van der Waals surface area contributed by atoms with Crippen LogP contribution in [-0.4, -0.2) is 28.6 Å². The van der Waals surface area contributed by atoms with Crippen LogP contribution in [0.2, 0.25) is 0 Å². The first-order chi connectivity index (χ1) is 10.1. The molecule has 0 fully saturated rings. The summed E-state index contributed by atoms with van der Waals surface area (Å²) < 4.78 is 23.6. The molecule has 0 aliphatic rings. The van der Waals surface area contributed by atoms with Crippen LogP contribution in [0.4, 0.5) is 0 Å². The van der Waals surface area contributed by atoms with Gasteiger partial charge in [-0.15, -0.1) is 15.0 Å². The molecule has 1 radical (unpaired) electrons. The van der Waals surface area contributed by atoms with E-state index in [1.54, 1.807) is 0 Å². The average Bonchev–Trinajstić information content (AvgIpc) is 3.00. The molecule has 21 heavy (non-hydrogen) atoms. The number of rotatable bonds is 2. The molecule has 4 aromatic carbocycles. The predicted molar refractivity (Wildman–Crippen MR) is 75.6 cm³/mol. The highest BCUT2D eigenvalue weighted by Gasteiger charge is 2.20. The number of tetrazole rings is 1. The van der Waals surface area contributed by atoms with Crippen molar-refractivity contribution in [1.29, 1.82) is 0 Å². The van der Waals surface area contributed by atoms with Crippen LogP contribution in [0.3, 0.4) is 0 Å². The average molecular weight is 298 g/mol. The van der Waals surface area contributed by atoms with Gasteiger partial charge in [0.25, 0.3) is 0 Å². The van der Waals surface area contributed by atoms with Crippen LogP contribution in [-0.2, 0) is 10.0 Å². The first-order valence-corrected chi connectivity index (χ1v) is 7.56. The molecule has 103 valence electrons. The molecule has 0 aliphatic heterocycles. The number of sulfonamides is 1. The number of benzene rings is 4. The highest BCUT2D eigenvalue weighted by atomic mass is 32.2. The second-order valence-electron chi connectivity index (χ2n) is 4.60. The molecule has 0 atom stereocenters. The van der Waals surface area contributed by atoms with E-state index in [1.165, 1.54) is 17.2 Å². The quantitative estimate of drug-likeness (QED) is 0.591. The third-order valence-electron chi connectivity index (χ3n) is 3.38. The Morgan fingerprint density at radius 1 is 1.10 bits per heavy atom. The van der Waals surface area contributed by atoms with E-state index in [0.717, 1.165) is 16.2 Å². The number of hydrogen-bond acceptors (Lipinski definition) is 5. The van der Waals surface area contributed by atoms with Crippen LogP contribution in [0.15, 0.2) is 41.6 Å². The third-order valence-corrected chi connectivity index (χ3v) is 4.28. The lowest BCUT2D eigenvalue weighted by atomic mass is 9.98. The van der Waals surface area contributed by atoms with Crippen molar-refractivity contribution in [2.75, 3.05) is 0 Å². The lowest BCUT2D eigenvalue weighted by Gasteiger charge is -2.13. The van der Waals surface area contributed by atoms with Crippen LogP contribution in [0.25, 0.3) is 27.2 Å². The monoisotopic (exact) mass is 298 g/mol. The number of fused-ring (bicyclic) bond motifs is 2. The summed E-state index contributed by atoms with van der Waals surface area (Å²) in [6.45, 7) is 0. The van der Waals surface area contributed by atoms with E-state index in [2.05, 4.69) is 21.5 Å². The maximum atomic E-state index is 11.8. The van der Waals surface area contributed by atoms with Crippen molar-refractivity contribution in [3.8, 4) is 5.69 Å². The van der Waals surface area contributed by atoms with Gasteiger partial charge in [0.15, 0.2) is 6.33 Å². The molecule has 0 amide bonds. The molecule has 0 aliphatic carbocycles. The Morgan fingerprint density at radius 2 is 1.76 bits per heavy atom. The van der Waals surface area contributed by atoms with Gasteiger partial charge in [0.1, 0.15) is 0 Å². The molecule has 0 unspecified atom stereocenters. The van der Waals surface area contributed by atoms with E-state index in [-0.39, 0.29) is 4.90 Å². The molecule has 5 rings (SSSR count). The van der Waals surface area contributed by atoms with Crippen molar-refractivity contribution in [3.05, 3.63) is 42.7 Å². The standard InChI is InChI=1S/C13H8N5O2S/c14-21(19,20)11-6-5-10(18-16-7-15-17-18)12-8-1-3-9(4-2-8)13(11)12/h1-5,7H,(H2,14,19,20). The van der Waals surface area contributed by atoms with Crippen molar-refractivity contribution in [1.82, 2.24) is 20.2 Å². The molecule has 7 nitrogen and oxygen atoms in total. The van der Waals surface area contributed by atoms with Gasteiger partial charge in [-0.1, -0.05) is 24.3 Å². The zero-order chi connectivity index (χ0) is 14.6. The second-order valence-corrected chi connectivity index (χ2v) is 6.10. The minimum absolute atomic E-state index is 0.0254. The van der Waals surface area contributed by atoms with Crippen molar-refractivity contribution in [3.63, 3.8) is 0 Å². The van der Waals surface area contributed by atoms with Gasteiger partial charge in [0, 0.05) is 16.8 Å². The van der Waals surface area contributed by atoms with Gasteiger partial charge in [-0.3, -0.25) is 0 Å². The normalized spacial score (nSPS) is 12.4. The molecule has 0 saturated heterocycles. The smallest absolute Gasteiger partial charge is 0.225 e. The van der Waals surface area contributed by atoms with Crippen molar-refractivity contribution >= 4 is 31.6 Å². The Kier molecular flexibility index (Phi) is 2.30. The highest BCUT2D eigenvalue weighted by Crippen LogP contribution is 2.35. The largest absolute Gasteiger partial charge is 0.239 e. The fourth-order valence-electron chi connectivity index (χ4n) is 2.55. The first-order valence-electron chi connectivity index (χ1n) is 6.01. The lowest BCUT2D eigenvalue weighted by molar-refractivity contribution is 0.598. The molecule has 2 bridgehead atoms. The van der Waals surface area contributed by atoms with Gasteiger partial charge in [0.05, 0.1) is 10.6 Å². The molecular formula is C13H8N5O2S. The van der Waals surface area contributed by atoms with E-state index in [4.69, 9.17) is 5.14 Å². The van der Waals surface area contributed by atoms with E-state index in [0.29, 0.717) is 11.1 Å². The number of hydrogen-bond donors (Lipinski definition) is 1. The molecule has 0 saturated carbocycles. The van der Waals surface area contributed by atoms with E-state index >= 15 is 0 Å². The fraction of sp³-hybridized carbons (Fsp3) is 0. The van der Waals surface area contributed by atoms with E-state index < -0.39 is 10.0 Å². The molecule has 2 N–H and O–H groups in total. The highest BCUT2D eigenvalue weighted by molar-refractivity contribution is 7.89. The zero-order valence-electron chi connectivity index (χ0n) is 10.6. The zero-order valence-corrected chi connectivity index (χ0v) is 11.4. The Morgan fingerprint density at radius 3 is 2.33 bits per heavy atom.